The van der Waals surface area contributed by atoms with E-state index in [-0.39, 0.29) is 10.1 Å². The highest BCUT2D eigenvalue weighted by molar-refractivity contribution is 7.91. The topological polar surface area (TPSA) is 69.7 Å². The number of carbonyl (C=O) groups is 1. The molecule has 1 aromatic heterocycles. The third kappa shape index (κ3) is 4.63. The number of amides is 1. The summed E-state index contributed by atoms with van der Waals surface area (Å²) in [5.74, 6) is -0.250. The fourth-order valence-corrected chi connectivity index (χ4v) is 6.39. The largest absolute Gasteiger partial charge is 0.373 e. The Hall–Kier alpha value is -1.61. The Morgan fingerprint density at radius 1 is 1.30 bits per heavy atom. The van der Waals surface area contributed by atoms with Crippen LogP contribution >= 0.6 is 22.9 Å². The number of nitrogens with zero attached hydrogens (tertiary/aromatic N) is 2. The fourth-order valence-electron chi connectivity index (χ4n) is 3.12. The molecule has 6 nitrogen and oxygen atoms in total. The summed E-state index contributed by atoms with van der Waals surface area (Å²) in [5, 5.41) is 2.87. The minimum absolute atomic E-state index is 0.177. The molecule has 1 unspecified atom stereocenters. The molecule has 0 spiro atoms. The van der Waals surface area contributed by atoms with Crippen LogP contribution in [0.25, 0.3) is 0 Å². The summed E-state index contributed by atoms with van der Waals surface area (Å²) in [6.07, 6.45) is 1.19. The minimum atomic E-state index is -3.70. The van der Waals surface area contributed by atoms with E-state index in [4.69, 9.17) is 11.6 Å². The summed E-state index contributed by atoms with van der Waals surface area (Å²) >= 11 is 6.88. The van der Waals surface area contributed by atoms with Gasteiger partial charge in [0.1, 0.15) is 10.3 Å². The lowest BCUT2D eigenvalue weighted by molar-refractivity contribution is -0.124. The summed E-state index contributed by atoms with van der Waals surface area (Å²) in [6, 6.07) is 12.3. The second-order valence-electron chi connectivity index (χ2n) is 6.38. The number of carbonyl (C=O) groups excluding carboxylic acids is 1. The van der Waals surface area contributed by atoms with Crippen LogP contribution in [0.2, 0.25) is 4.34 Å². The van der Waals surface area contributed by atoms with Gasteiger partial charge >= 0.3 is 0 Å². The van der Waals surface area contributed by atoms with Crippen molar-refractivity contribution in [3.8, 4) is 0 Å². The molecule has 0 aliphatic carbocycles. The van der Waals surface area contributed by atoms with E-state index in [2.05, 4.69) is 5.32 Å². The fraction of sp³-hybridized carbons (Fsp3) is 0.389. The number of sulfonamides is 1. The molecular formula is C18H22ClN3O3S2. The smallest absolute Gasteiger partial charge is 0.253 e. The van der Waals surface area contributed by atoms with Crippen molar-refractivity contribution in [2.75, 3.05) is 31.6 Å². The van der Waals surface area contributed by atoms with Crippen LogP contribution in [0.1, 0.15) is 12.8 Å². The molecule has 1 N–H and O–H groups in total. The Kier molecular flexibility index (Phi) is 6.41. The second-order valence-corrected chi connectivity index (χ2v) is 10.2. The number of para-hydroxylation sites is 1. The lowest BCUT2D eigenvalue weighted by Crippen LogP contribution is -2.47. The molecule has 27 heavy (non-hydrogen) atoms. The Balaban J connectivity index is 1.59. The molecule has 9 heteroatoms. The molecule has 1 aliphatic rings. The predicted octanol–water partition coefficient (Wildman–Crippen LogP) is 2.81. The number of likely N-dealkylation sites (N-methyl/N-ethyl adjacent to an activating group) is 1. The van der Waals surface area contributed by atoms with Crippen LogP contribution in [-0.2, 0) is 14.8 Å². The normalized spacial score (nSPS) is 17.8. The molecule has 0 bridgehead atoms. The van der Waals surface area contributed by atoms with Crippen molar-refractivity contribution in [2.24, 2.45) is 0 Å². The number of nitrogens with one attached hydrogen (secondary N) is 1. The molecule has 0 radical (unpaired) electrons. The number of anilines is 1. The van der Waals surface area contributed by atoms with Gasteiger partial charge in [0, 0.05) is 32.4 Å². The number of benzene rings is 1. The molecule has 1 fully saturated rings. The Morgan fingerprint density at radius 2 is 2.04 bits per heavy atom. The molecule has 3 rings (SSSR count). The molecule has 1 aliphatic heterocycles. The van der Waals surface area contributed by atoms with E-state index in [0.29, 0.717) is 36.8 Å². The van der Waals surface area contributed by atoms with E-state index in [1.165, 1.54) is 10.4 Å². The van der Waals surface area contributed by atoms with Crippen molar-refractivity contribution < 1.29 is 13.2 Å². The summed E-state index contributed by atoms with van der Waals surface area (Å²) in [7, 11) is -1.75. The van der Waals surface area contributed by atoms with Gasteiger partial charge in [0.25, 0.3) is 10.0 Å². The van der Waals surface area contributed by atoms with Crippen LogP contribution in [0.5, 0.6) is 0 Å². The third-order valence-electron chi connectivity index (χ3n) is 4.56. The van der Waals surface area contributed by atoms with Gasteiger partial charge in [-0.15, -0.1) is 11.3 Å². The first-order valence-corrected chi connectivity index (χ1v) is 11.3. The van der Waals surface area contributed by atoms with Gasteiger partial charge in [0.15, 0.2) is 0 Å². The molecule has 1 atom stereocenters. The predicted molar refractivity (Wildman–Crippen MR) is 109 cm³/mol. The van der Waals surface area contributed by atoms with E-state index in [0.717, 1.165) is 17.0 Å². The quantitative estimate of drug-likeness (QED) is 0.737. The van der Waals surface area contributed by atoms with E-state index in [1.807, 2.05) is 42.3 Å². The number of thiophene rings is 1. The van der Waals surface area contributed by atoms with Crippen molar-refractivity contribution in [1.29, 1.82) is 0 Å². The van der Waals surface area contributed by atoms with Gasteiger partial charge in [-0.25, -0.2) is 8.42 Å². The highest BCUT2D eigenvalue weighted by Crippen LogP contribution is 2.32. The van der Waals surface area contributed by atoms with Crippen molar-refractivity contribution >= 4 is 44.6 Å². The van der Waals surface area contributed by atoms with Crippen LogP contribution in [0, 0.1) is 0 Å². The summed E-state index contributed by atoms with van der Waals surface area (Å²) in [6.45, 7) is 1.43. The zero-order valence-electron chi connectivity index (χ0n) is 15.0. The number of hydrogen-bond donors (Lipinski definition) is 1. The first kappa shape index (κ1) is 20.1. The zero-order chi connectivity index (χ0) is 19.4. The maximum Gasteiger partial charge on any atom is 0.253 e. The van der Waals surface area contributed by atoms with Crippen LogP contribution in [0.3, 0.4) is 0 Å². The Labute approximate surface area is 168 Å². The van der Waals surface area contributed by atoms with Crippen molar-refractivity contribution in [2.45, 2.75) is 23.1 Å². The average Bonchev–Trinajstić information content (AvgIpc) is 3.32. The molecular weight excluding hydrogens is 406 g/mol. The van der Waals surface area contributed by atoms with Gasteiger partial charge in [-0.3, -0.25) is 4.79 Å². The Morgan fingerprint density at radius 3 is 2.70 bits per heavy atom. The summed E-state index contributed by atoms with van der Waals surface area (Å²) < 4.78 is 27.5. The van der Waals surface area contributed by atoms with Gasteiger partial charge in [-0.05, 0) is 37.1 Å². The average molecular weight is 428 g/mol. The van der Waals surface area contributed by atoms with Gasteiger partial charge in [-0.1, -0.05) is 29.8 Å². The van der Waals surface area contributed by atoms with Crippen LogP contribution in [0.4, 0.5) is 5.69 Å². The number of hydrogen-bond acceptors (Lipinski definition) is 5. The third-order valence-corrected chi connectivity index (χ3v) is 8.17. The lowest BCUT2D eigenvalue weighted by Gasteiger charge is -2.24. The molecule has 1 aromatic carbocycles. The van der Waals surface area contributed by atoms with Gasteiger partial charge in [-0.2, -0.15) is 4.31 Å². The van der Waals surface area contributed by atoms with Crippen LogP contribution in [0.15, 0.2) is 46.7 Å². The summed E-state index contributed by atoms with van der Waals surface area (Å²) in [5.41, 5.74) is 1.06. The van der Waals surface area contributed by atoms with Gasteiger partial charge in [0.2, 0.25) is 5.91 Å². The first-order valence-electron chi connectivity index (χ1n) is 8.70. The zero-order valence-corrected chi connectivity index (χ0v) is 17.4. The maximum absolute atomic E-state index is 12.8. The van der Waals surface area contributed by atoms with E-state index in [1.54, 1.807) is 6.07 Å². The first-order chi connectivity index (χ1) is 12.9. The molecule has 146 valence electrons. The van der Waals surface area contributed by atoms with E-state index < -0.39 is 16.1 Å². The van der Waals surface area contributed by atoms with Crippen molar-refractivity contribution in [3.63, 3.8) is 0 Å². The monoisotopic (exact) mass is 427 g/mol. The van der Waals surface area contributed by atoms with Crippen molar-refractivity contribution in [3.05, 3.63) is 46.8 Å². The summed E-state index contributed by atoms with van der Waals surface area (Å²) in [4.78, 5) is 14.6. The van der Waals surface area contributed by atoms with Crippen LogP contribution in [-0.4, -0.2) is 51.4 Å². The highest BCUT2D eigenvalue weighted by atomic mass is 35.5. The SMILES string of the molecule is CN(CCNC(=O)C1CCCN1S(=O)(=O)c1ccc(Cl)s1)c1ccccc1. The Bertz CT molecular complexity index is 886. The molecule has 2 heterocycles. The van der Waals surface area contributed by atoms with Gasteiger partial charge < -0.3 is 10.2 Å². The molecule has 1 saturated heterocycles. The van der Waals surface area contributed by atoms with Crippen LogP contribution < -0.4 is 10.2 Å². The second kappa shape index (κ2) is 8.60. The molecule has 2 aromatic rings. The number of rotatable bonds is 7. The maximum atomic E-state index is 12.8. The lowest BCUT2D eigenvalue weighted by atomic mass is 10.2. The standard InChI is InChI=1S/C18H22ClN3O3S2/c1-21(14-6-3-2-4-7-14)13-11-20-18(23)15-8-5-12-22(15)27(24,25)17-10-9-16(19)26-17/h2-4,6-7,9-10,15H,5,8,11-13H2,1H3,(H,20,23). The van der Waals surface area contributed by atoms with E-state index in [9.17, 15) is 13.2 Å². The molecule has 1 amide bonds. The highest BCUT2D eigenvalue weighted by Gasteiger charge is 2.39. The minimum Gasteiger partial charge on any atom is -0.373 e. The molecule has 0 saturated carbocycles. The van der Waals surface area contributed by atoms with E-state index >= 15 is 0 Å². The van der Waals surface area contributed by atoms with Crippen molar-refractivity contribution in [1.82, 2.24) is 9.62 Å². The van der Waals surface area contributed by atoms with Gasteiger partial charge in [0.05, 0.1) is 4.34 Å². The number of halogens is 1.